The van der Waals surface area contributed by atoms with E-state index in [0.29, 0.717) is 13.2 Å². The number of rotatable bonds is 12. The van der Waals surface area contributed by atoms with Gasteiger partial charge in [-0.25, -0.2) is 0 Å². The molecule has 3 atom stereocenters. The first-order valence-electron chi connectivity index (χ1n) is 8.75. The molecule has 1 aliphatic rings. The minimum Gasteiger partial charge on any atom is -0.376 e. The molecule has 126 valence electrons. The Balaban J connectivity index is 2.47. The number of hydrogen-bond donors (Lipinski definition) is 0. The lowest BCUT2D eigenvalue weighted by Crippen LogP contribution is -2.51. The van der Waals surface area contributed by atoms with E-state index in [4.69, 9.17) is 18.9 Å². The molecule has 4 heteroatoms. The highest BCUT2D eigenvalue weighted by Gasteiger charge is 2.36. The summed E-state index contributed by atoms with van der Waals surface area (Å²) in [4.78, 5) is 0. The molecule has 21 heavy (non-hydrogen) atoms. The van der Waals surface area contributed by atoms with Gasteiger partial charge in [-0.15, -0.1) is 0 Å². The minimum atomic E-state index is 0.00813. The Morgan fingerprint density at radius 1 is 0.714 bits per heavy atom. The molecular weight excluding hydrogens is 268 g/mol. The van der Waals surface area contributed by atoms with E-state index in [2.05, 4.69) is 20.8 Å². The summed E-state index contributed by atoms with van der Waals surface area (Å²) in [6, 6.07) is 0. The van der Waals surface area contributed by atoms with Crippen LogP contribution in [0.1, 0.15) is 59.3 Å². The van der Waals surface area contributed by atoms with Gasteiger partial charge in [-0.3, -0.25) is 0 Å². The van der Waals surface area contributed by atoms with Crippen LogP contribution < -0.4 is 0 Å². The lowest BCUT2D eigenvalue weighted by atomic mass is 10.1. The molecule has 0 radical (unpaired) electrons. The highest BCUT2D eigenvalue weighted by atomic mass is 16.6. The molecule has 0 aliphatic carbocycles. The van der Waals surface area contributed by atoms with E-state index in [-0.39, 0.29) is 18.3 Å². The summed E-state index contributed by atoms with van der Waals surface area (Å²) in [6.07, 6.45) is 6.71. The van der Waals surface area contributed by atoms with Crippen LogP contribution in [0.25, 0.3) is 0 Å². The summed E-state index contributed by atoms with van der Waals surface area (Å²) in [5, 5.41) is 0. The van der Waals surface area contributed by atoms with Crippen LogP contribution >= 0.6 is 0 Å². The standard InChI is InChI=1S/C17H34O4/c1-4-7-10-19-15-13-18-14-16(20-11-8-5-2)17(15)21-12-9-6-3/h15-17H,4-14H2,1-3H3/t15-,16?,17?/m1/s1. The maximum Gasteiger partial charge on any atom is 0.114 e. The van der Waals surface area contributed by atoms with Crippen molar-refractivity contribution < 1.29 is 18.9 Å². The lowest BCUT2D eigenvalue weighted by Gasteiger charge is -2.37. The van der Waals surface area contributed by atoms with Crippen LogP contribution in [-0.4, -0.2) is 51.3 Å². The average molecular weight is 302 g/mol. The van der Waals surface area contributed by atoms with Crippen molar-refractivity contribution in [3.8, 4) is 0 Å². The third-order valence-electron chi connectivity index (χ3n) is 3.76. The third-order valence-corrected chi connectivity index (χ3v) is 3.76. The predicted octanol–water partition coefficient (Wildman–Crippen LogP) is 3.57. The van der Waals surface area contributed by atoms with Gasteiger partial charge in [0, 0.05) is 19.8 Å². The monoisotopic (exact) mass is 302 g/mol. The first-order valence-corrected chi connectivity index (χ1v) is 8.75. The molecule has 4 nitrogen and oxygen atoms in total. The van der Waals surface area contributed by atoms with E-state index in [1.807, 2.05) is 0 Å². The Bertz CT molecular complexity index is 217. The van der Waals surface area contributed by atoms with Crippen LogP contribution in [0.4, 0.5) is 0 Å². The molecule has 0 aromatic heterocycles. The Morgan fingerprint density at radius 3 is 1.57 bits per heavy atom. The molecule has 0 aromatic rings. The van der Waals surface area contributed by atoms with Gasteiger partial charge in [-0.2, -0.15) is 0 Å². The van der Waals surface area contributed by atoms with Gasteiger partial charge in [-0.1, -0.05) is 40.0 Å². The van der Waals surface area contributed by atoms with Crippen molar-refractivity contribution in [3.63, 3.8) is 0 Å². The molecule has 1 aliphatic heterocycles. The summed E-state index contributed by atoms with van der Waals surface area (Å²) < 4.78 is 23.7. The van der Waals surface area contributed by atoms with Crippen LogP contribution in [0.2, 0.25) is 0 Å². The van der Waals surface area contributed by atoms with E-state index in [1.165, 1.54) is 0 Å². The van der Waals surface area contributed by atoms with Crippen LogP contribution in [0.3, 0.4) is 0 Å². The molecule has 0 saturated carbocycles. The molecule has 0 bridgehead atoms. The Morgan fingerprint density at radius 2 is 1.14 bits per heavy atom. The zero-order valence-electron chi connectivity index (χ0n) is 14.1. The van der Waals surface area contributed by atoms with Gasteiger partial charge >= 0.3 is 0 Å². The van der Waals surface area contributed by atoms with Gasteiger partial charge in [0.05, 0.1) is 13.2 Å². The Labute approximate surface area is 130 Å². The predicted molar refractivity (Wildman–Crippen MR) is 84.8 cm³/mol. The van der Waals surface area contributed by atoms with E-state index in [1.54, 1.807) is 0 Å². The number of unbranched alkanes of at least 4 members (excludes halogenated alkanes) is 3. The Hall–Kier alpha value is -0.160. The molecule has 2 unspecified atom stereocenters. The van der Waals surface area contributed by atoms with Crippen LogP contribution in [0.15, 0.2) is 0 Å². The highest BCUT2D eigenvalue weighted by Crippen LogP contribution is 2.20. The van der Waals surface area contributed by atoms with Crippen LogP contribution in [0, 0.1) is 0 Å². The second-order valence-corrected chi connectivity index (χ2v) is 5.75. The first kappa shape index (κ1) is 18.9. The first-order chi connectivity index (χ1) is 10.3. The summed E-state index contributed by atoms with van der Waals surface area (Å²) in [5.41, 5.74) is 0. The maximum atomic E-state index is 6.08. The quantitative estimate of drug-likeness (QED) is 0.516. The van der Waals surface area contributed by atoms with E-state index in [9.17, 15) is 0 Å². The lowest BCUT2D eigenvalue weighted by molar-refractivity contribution is -0.203. The third kappa shape index (κ3) is 7.59. The topological polar surface area (TPSA) is 36.9 Å². The summed E-state index contributed by atoms with van der Waals surface area (Å²) in [5.74, 6) is 0. The number of ether oxygens (including phenoxy) is 4. The Kier molecular flexibility index (Phi) is 11.1. The second-order valence-electron chi connectivity index (χ2n) is 5.75. The maximum absolute atomic E-state index is 6.08. The van der Waals surface area contributed by atoms with Crippen molar-refractivity contribution in [3.05, 3.63) is 0 Å². The molecule has 0 aromatic carbocycles. The van der Waals surface area contributed by atoms with Crippen molar-refractivity contribution in [1.82, 2.24) is 0 Å². The molecule has 1 saturated heterocycles. The summed E-state index contributed by atoms with van der Waals surface area (Å²) in [6.45, 7) is 10.1. The molecule has 0 spiro atoms. The zero-order chi connectivity index (χ0) is 15.3. The van der Waals surface area contributed by atoms with Gasteiger partial charge in [0.2, 0.25) is 0 Å². The van der Waals surface area contributed by atoms with Gasteiger partial charge in [0.15, 0.2) is 0 Å². The van der Waals surface area contributed by atoms with Crippen molar-refractivity contribution >= 4 is 0 Å². The van der Waals surface area contributed by atoms with Gasteiger partial charge < -0.3 is 18.9 Å². The molecule has 0 amide bonds. The highest BCUT2D eigenvalue weighted by molar-refractivity contribution is 4.84. The molecule has 1 heterocycles. The van der Waals surface area contributed by atoms with Gasteiger partial charge in [0.25, 0.3) is 0 Å². The van der Waals surface area contributed by atoms with Crippen molar-refractivity contribution in [2.45, 2.75) is 77.6 Å². The van der Waals surface area contributed by atoms with Crippen molar-refractivity contribution in [1.29, 1.82) is 0 Å². The molecule has 1 rings (SSSR count). The molecule has 1 fully saturated rings. The fourth-order valence-electron chi connectivity index (χ4n) is 2.35. The normalized spacial score (nSPS) is 26.1. The van der Waals surface area contributed by atoms with Crippen LogP contribution in [-0.2, 0) is 18.9 Å². The average Bonchev–Trinajstić information content (AvgIpc) is 2.50. The summed E-state index contributed by atoms with van der Waals surface area (Å²) >= 11 is 0. The molecule has 0 N–H and O–H groups in total. The zero-order valence-corrected chi connectivity index (χ0v) is 14.1. The fraction of sp³-hybridized carbons (Fsp3) is 1.00. The van der Waals surface area contributed by atoms with Crippen molar-refractivity contribution in [2.24, 2.45) is 0 Å². The van der Waals surface area contributed by atoms with E-state index in [0.717, 1.165) is 58.3 Å². The fourth-order valence-corrected chi connectivity index (χ4v) is 2.35. The van der Waals surface area contributed by atoms with E-state index < -0.39 is 0 Å². The smallest absolute Gasteiger partial charge is 0.114 e. The van der Waals surface area contributed by atoms with Crippen LogP contribution in [0.5, 0.6) is 0 Å². The van der Waals surface area contributed by atoms with Gasteiger partial charge in [0.1, 0.15) is 18.3 Å². The summed E-state index contributed by atoms with van der Waals surface area (Å²) in [7, 11) is 0. The SMILES string of the molecule is CCCCOC1COC[C@@H](OCCCC)C1OCCCC. The van der Waals surface area contributed by atoms with Gasteiger partial charge in [-0.05, 0) is 19.3 Å². The minimum absolute atomic E-state index is 0.00813. The van der Waals surface area contributed by atoms with Crippen molar-refractivity contribution in [2.75, 3.05) is 33.0 Å². The molecular formula is C17H34O4. The largest absolute Gasteiger partial charge is 0.376 e. The number of hydrogen-bond acceptors (Lipinski definition) is 4. The van der Waals surface area contributed by atoms with E-state index >= 15 is 0 Å². The second kappa shape index (κ2) is 12.4.